The third kappa shape index (κ3) is 4.16. The van der Waals surface area contributed by atoms with E-state index < -0.39 is 0 Å². The maximum Gasteiger partial charge on any atom is 0.265 e. The molecule has 0 radical (unpaired) electrons. The first-order valence-electron chi connectivity index (χ1n) is 10.8. The summed E-state index contributed by atoms with van der Waals surface area (Å²) in [5, 5.41) is 4.24. The topological polar surface area (TPSA) is 44.7 Å². The van der Waals surface area contributed by atoms with E-state index in [4.69, 9.17) is 4.99 Å². The molecule has 5 rings (SSSR count). The van der Waals surface area contributed by atoms with Gasteiger partial charge in [-0.25, -0.2) is 5.01 Å². The van der Waals surface area contributed by atoms with Gasteiger partial charge in [-0.3, -0.25) is 15.2 Å². The van der Waals surface area contributed by atoms with Crippen molar-refractivity contribution in [2.75, 3.05) is 13.1 Å². The van der Waals surface area contributed by atoms with Crippen molar-refractivity contribution < 1.29 is 4.79 Å². The number of aliphatic imine (C=N–C) groups is 1. The number of benzene rings is 1. The van der Waals surface area contributed by atoms with Gasteiger partial charge < -0.3 is 0 Å². The van der Waals surface area contributed by atoms with Gasteiger partial charge in [-0.15, -0.1) is 11.3 Å². The number of piperidine rings is 1. The number of carbonyl (C=O) groups is 1. The van der Waals surface area contributed by atoms with Crippen LogP contribution in [0.3, 0.4) is 0 Å². The van der Waals surface area contributed by atoms with E-state index in [2.05, 4.69) is 27.9 Å². The van der Waals surface area contributed by atoms with E-state index in [1.807, 2.05) is 23.5 Å². The number of hydrogen-bond donors (Lipinski definition) is 1. The van der Waals surface area contributed by atoms with Crippen LogP contribution in [0.25, 0.3) is 0 Å². The molecule has 152 valence electrons. The summed E-state index contributed by atoms with van der Waals surface area (Å²) in [6.45, 7) is 1.88. The summed E-state index contributed by atoms with van der Waals surface area (Å²) >= 11 is 3.59. The van der Waals surface area contributed by atoms with Gasteiger partial charge in [0.05, 0.1) is 16.3 Å². The monoisotopic (exact) mass is 425 g/mol. The van der Waals surface area contributed by atoms with Crippen molar-refractivity contribution in [3.8, 4) is 0 Å². The van der Waals surface area contributed by atoms with Crippen LogP contribution in [0.4, 0.5) is 5.69 Å². The van der Waals surface area contributed by atoms with Crippen molar-refractivity contribution in [3.63, 3.8) is 0 Å². The third-order valence-corrected chi connectivity index (χ3v) is 8.34. The minimum absolute atomic E-state index is 0.0202. The predicted molar refractivity (Wildman–Crippen MR) is 121 cm³/mol. The molecule has 1 amide bonds. The summed E-state index contributed by atoms with van der Waals surface area (Å²) in [6, 6.07) is 8.22. The van der Waals surface area contributed by atoms with Crippen LogP contribution in [0, 0.1) is 5.92 Å². The first-order chi connectivity index (χ1) is 14.3. The lowest BCUT2D eigenvalue weighted by Crippen LogP contribution is -2.45. The number of nitrogens with one attached hydrogen (secondary N) is 1. The first kappa shape index (κ1) is 19.3. The molecule has 29 heavy (non-hydrogen) atoms. The molecule has 1 aromatic heterocycles. The summed E-state index contributed by atoms with van der Waals surface area (Å²) in [5.74, 6) is 0.520. The molecule has 4 nitrogen and oxygen atoms in total. The number of rotatable bonds is 3. The Kier molecular flexibility index (Phi) is 5.75. The maximum atomic E-state index is 12.8. The summed E-state index contributed by atoms with van der Waals surface area (Å²) in [7, 11) is 0. The van der Waals surface area contributed by atoms with Crippen LogP contribution in [0.2, 0.25) is 0 Å². The highest BCUT2D eigenvalue weighted by Crippen LogP contribution is 2.45. The Bertz CT molecular complexity index is 924. The molecule has 2 fully saturated rings. The zero-order chi connectivity index (χ0) is 19.6. The molecule has 3 aliphatic rings. The number of carbonyl (C=O) groups excluding carboxylic acids is 1. The van der Waals surface area contributed by atoms with Crippen molar-refractivity contribution >= 4 is 40.4 Å². The van der Waals surface area contributed by atoms with Crippen molar-refractivity contribution in [2.45, 2.75) is 61.2 Å². The summed E-state index contributed by atoms with van der Waals surface area (Å²) in [6.07, 6.45) is 9.94. The van der Waals surface area contributed by atoms with Gasteiger partial charge >= 0.3 is 0 Å². The van der Waals surface area contributed by atoms with Gasteiger partial charge in [0.2, 0.25) is 0 Å². The highest BCUT2D eigenvalue weighted by atomic mass is 32.2. The van der Waals surface area contributed by atoms with Crippen LogP contribution in [0.15, 0.2) is 44.4 Å². The fraction of sp³-hybridized carbons (Fsp3) is 0.478. The van der Waals surface area contributed by atoms with E-state index in [0.717, 1.165) is 36.5 Å². The van der Waals surface area contributed by atoms with Crippen LogP contribution in [0.5, 0.6) is 0 Å². The van der Waals surface area contributed by atoms with Crippen LogP contribution in [-0.2, 0) is 0 Å². The minimum Gasteiger partial charge on any atom is -0.285 e. The quantitative estimate of drug-likeness (QED) is 0.651. The average molecular weight is 426 g/mol. The van der Waals surface area contributed by atoms with Gasteiger partial charge in [-0.1, -0.05) is 37.4 Å². The van der Waals surface area contributed by atoms with E-state index in [1.54, 1.807) is 11.8 Å². The number of hydrogen-bond acceptors (Lipinski definition) is 5. The SMILES string of the molecule is O=C(NN1CCCCC1)c1ccc2c(c1)N=C(C1CCCCC1)c1sccc1S2. The number of thiophene rings is 1. The Labute approximate surface area is 180 Å². The molecular weight excluding hydrogens is 398 g/mol. The summed E-state index contributed by atoms with van der Waals surface area (Å²) in [4.78, 5) is 21.8. The molecule has 0 atom stereocenters. The second-order valence-electron chi connectivity index (χ2n) is 8.22. The normalized spacial score (nSPS) is 20.3. The number of amides is 1. The molecule has 1 N–H and O–H groups in total. The lowest BCUT2D eigenvalue weighted by Gasteiger charge is -2.26. The maximum absolute atomic E-state index is 12.8. The van der Waals surface area contributed by atoms with E-state index in [1.165, 1.54) is 54.0 Å². The van der Waals surface area contributed by atoms with E-state index >= 15 is 0 Å². The molecule has 1 aromatic carbocycles. The van der Waals surface area contributed by atoms with Crippen molar-refractivity contribution in [1.82, 2.24) is 10.4 Å². The van der Waals surface area contributed by atoms with Crippen molar-refractivity contribution in [2.24, 2.45) is 10.9 Å². The van der Waals surface area contributed by atoms with Crippen LogP contribution in [-0.4, -0.2) is 29.7 Å². The molecule has 0 spiro atoms. The number of nitrogens with zero attached hydrogens (tertiary/aromatic N) is 2. The Morgan fingerprint density at radius 3 is 2.62 bits per heavy atom. The molecule has 1 saturated heterocycles. The van der Waals surface area contributed by atoms with E-state index in [-0.39, 0.29) is 5.91 Å². The molecule has 3 heterocycles. The second-order valence-corrected chi connectivity index (χ2v) is 10.2. The van der Waals surface area contributed by atoms with Crippen molar-refractivity contribution in [1.29, 1.82) is 0 Å². The fourth-order valence-electron chi connectivity index (χ4n) is 4.56. The van der Waals surface area contributed by atoms with E-state index in [9.17, 15) is 4.79 Å². The van der Waals surface area contributed by atoms with Crippen molar-refractivity contribution in [3.05, 3.63) is 40.1 Å². The lowest BCUT2D eigenvalue weighted by molar-refractivity contribution is 0.0750. The van der Waals surface area contributed by atoms with Gasteiger partial charge in [0, 0.05) is 34.4 Å². The largest absolute Gasteiger partial charge is 0.285 e. The predicted octanol–water partition coefficient (Wildman–Crippen LogP) is 6.04. The highest BCUT2D eigenvalue weighted by molar-refractivity contribution is 7.99. The zero-order valence-corrected chi connectivity index (χ0v) is 18.3. The number of hydrazine groups is 1. The van der Waals surface area contributed by atoms with Crippen LogP contribution in [0.1, 0.15) is 66.6 Å². The third-order valence-electron chi connectivity index (χ3n) is 6.15. The molecule has 2 aliphatic heterocycles. The van der Waals surface area contributed by atoms with Crippen LogP contribution >= 0.6 is 23.1 Å². The summed E-state index contributed by atoms with van der Waals surface area (Å²) in [5.41, 5.74) is 5.98. The first-order valence-corrected chi connectivity index (χ1v) is 12.5. The van der Waals surface area contributed by atoms with Gasteiger partial charge in [0.25, 0.3) is 5.91 Å². The Morgan fingerprint density at radius 2 is 1.79 bits per heavy atom. The standard InChI is InChI=1S/C23H27N3OS2/c27-23(25-26-12-5-2-6-13-26)17-9-10-19-18(15-17)24-21(16-7-3-1-4-8-16)22-20(29-19)11-14-28-22/h9-11,14-16H,1-8,12-13H2,(H,25,27). The van der Waals surface area contributed by atoms with Gasteiger partial charge in [-0.05, 0) is 55.3 Å². The second kappa shape index (κ2) is 8.62. The molecule has 0 unspecified atom stereocenters. The zero-order valence-electron chi connectivity index (χ0n) is 16.7. The molecule has 2 aromatic rings. The molecule has 6 heteroatoms. The Hall–Kier alpha value is -1.63. The van der Waals surface area contributed by atoms with Gasteiger partial charge in [0.15, 0.2) is 0 Å². The van der Waals surface area contributed by atoms with Gasteiger partial charge in [0.1, 0.15) is 0 Å². The van der Waals surface area contributed by atoms with E-state index in [0.29, 0.717) is 11.5 Å². The Balaban J connectivity index is 1.45. The molecule has 0 bridgehead atoms. The number of fused-ring (bicyclic) bond motifs is 2. The average Bonchev–Trinajstić information content (AvgIpc) is 3.16. The molecule has 1 aliphatic carbocycles. The Morgan fingerprint density at radius 1 is 1.00 bits per heavy atom. The fourth-order valence-corrected chi connectivity index (χ4v) is 6.69. The highest BCUT2D eigenvalue weighted by Gasteiger charge is 2.27. The van der Waals surface area contributed by atoms with Gasteiger partial charge in [-0.2, -0.15) is 0 Å². The van der Waals surface area contributed by atoms with Crippen LogP contribution < -0.4 is 5.43 Å². The smallest absolute Gasteiger partial charge is 0.265 e. The summed E-state index contributed by atoms with van der Waals surface area (Å²) < 4.78 is 0. The molecule has 1 saturated carbocycles. The minimum atomic E-state index is -0.0202. The molecular formula is C23H27N3OS2. The lowest BCUT2D eigenvalue weighted by atomic mass is 9.85.